The average molecular weight is 232 g/mol. The van der Waals surface area contributed by atoms with Gasteiger partial charge in [0.25, 0.3) is 0 Å². The summed E-state index contributed by atoms with van der Waals surface area (Å²) < 4.78 is 0. The highest BCUT2D eigenvalue weighted by molar-refractivity contribution is 5.76. The zero-order chi connectivity index (χ0) is 12.3. The highest BCUT2D eigenvalue weighted by Crippen LogP contribution is 2.28. The summed E-state index contributed by atoms with van der Waals surface area (Å²) in [6, 6.07) is 8.99. The second kappa shape index (κ2) is 5.32. The van der Waals surface area contributed by atoms with E-state index in [4.69, 9.17) is 0 Å². The minimum absolute atomic E-state index is 0.145. The Balaban J connectivity index is 1.88. The van der Waals surface area contributed by atoms with Gasteiger partial charge in [-0.05, 0) is 31.4 Å². The van der Waals surface area contributed by atoms with Crippen molar-refractivity contribution in [2.24, 2.45) is 0 Å². The first-order chi connectivity index (χ1) is 8.16. The van der Waals surface area contributed by atoms with E-state index >= 15 is 0 Å². The van der Waals surface area contributed by atoms with E-state index in [-0.39, 0.29) is 11.9 Å². The van der Waals surface area contributed by atoms with E-state index < -0.39 is 0 Å². The normalized spacial score (nSPS) is 18.2. The molecule has 1 amide bonds. The van der Waals surface area contributed by atoms with Crippen molar-refractivity contribution in [1.82, 2.24) is 10.6 Å². The van der Waals surface area contributed by atoms with Crippen LogP contribution >= 0.6 is 0 Å². The van der Waals surface area contributed by atoms with Crippen LogP contribution in [0.25, 0.3) is 0 Å². The van der Waals surface area contributed by atoms with Gasteiger partial charge in [-0.3, -0.25) is 4.79 Å². The van der Waals surface area contributed by atoms with Crippen molar-refractivity contribution in [2.45, 2.75) is 45.3 Å². The molecule has 2 N–H and O–H groups in total. The summed E-state index contributed by atoms with van der Waals surface area (Å²) >= 11 is 0. The molecule has 0 saturated heterocycles. The Bertz CT molecular complexity index is 401. The van der Waals surface area contributed by atoms with Gasteiger partial charge in [-0.1, -0.05) is 24.3 Å². The molecule has 1 aliphatic rings. The van der Waals surface area contributed by atoms with Gasteiger partial charge in [0.15, 0.2) is 0 Å². The number of fused-ring (bicyclic) bond motifs is 1. The van der Waals surface area contributed by atoms with E-state index in [2.05, 4.69) is 34.9 Å². The van der Waals surface area contributed by atoms with E-state index in [1.54, 1.807) is 0 Å². The molecular formula is C14H20N2O. The number of carbonyl (C=O) groups excluding carboxylic acids is 1. The van der Waals surface area contributed by atoms with Crippen LogP contribution in [0.4, 0.5) is 0 Å². The van der Waals surface area contributed by atoms with Gasteiger partial charge in [0.1, 0.15) is 0 Å². The second-order valence-corrected chi connectivity index (χ2v) is 4.89. The molecule has 1 unspecified atom stereocenters. The molecule has 1 heterocycles. The van der Waals surface area contributed by atoms with Crippen LogP contribution in [-0.2, 0) is 11.3 Å². The number of hydrogen-bond donors (Lipinski definition) is 2. The van der Waals surface area contributed by atoms with Gasteiger partial charge in [0.2, 0.25) is 5.91 Å². The number of carbonyl (C=O) groups is 1. The lowest BCUT2D eigenvalue weighted by Gasteiger charge is -2.13. The molecule has 0 bridgehead atoms. The van der Waals surface area contributed by atoms with Gasteiger partial charge in [-0.15, -0.1) is 0 Å². The predicted molar refractivity (Wildman–Crippen MR) is 68.5 cm³/mol. The molecule has 1 aromatic rings. The van der Waals surface area contributed by atoms with E-state index in [0.717, 1.165) is 13.0 Å². The minimum atomic E-state index is 0.145. The van der Waals surface area contributed by atoms with Gasteiger partial charge < -0.3 is 10.6 Å². The third-order valence-corrected chi connectivity index (χ3v) is 3.08. The fourth-order valence-electron chi connectivity index (χ4n) is 2.31. The first-order valence-corrected chi connectivity index (χ1v) is 6.27. The first-order valence-electron chi connectivity index (χ1n) is 6.27. The third-order valence-electron chi connectivity index (χ3n) is 3.08. The quantitative estimate of drug-likeness (QED) is 0.835. The van der Waals surface area contributed by atoms with Crippen LogP contribution in [0.2, 0.25) is 0 Å². The summed E-state index contributed by atoms with van der Waals surface area (Å²) in [7, 11) is 0. The Morgan fingerprint density at radius 2 is 2.24 bits per heavy atom. The number of nitrogens with one attached hydrogen (secondary N) is 2. The van der Waals surface area contributed by atoms with Crippen LogP contribution in [0.3, 0.4) is 0 Å². The largest absolute Gasteiger partial charge is 0.354 e. The molecule has 1 aliphatic heterocycles. The molecule has 0 aromatic heterocycles. The van der Waals surface area contributed by atoms with Crippen LogP contribution < -0.4 is 10.6 Å². The lowest BCUT2D eigenvalue weighted by molar-refractivity contribution is -0.121. The van der Waals surface area contributed by atoms with Crippen LogP contribution in [0.1, 0.15) is 43.9 Å². The molecule has 17 heavy (non-hydrogen) atoms. The number of rotatable bonds is 4. The Morgan fingerprint density at radius 3 is 3.00 bits per heavy atom. The molecular weight excluding hydrogens is 212 g/mol. The van der Waals surface area contributed by atoms with Gasteiger partial charge in [0.05, 0.1) is 0 Å². The highest BCUT2D eigenvalue weighted by atomic mass is 16.1. The molecule has 3 nitrogen and oxygen atoms in total. The topological polar surface area (TPSA) is 41.1 Å². The molecule has 1 aromatic carbocycles. The lowest BCUT2D eigenvalue weighted by Crippen LogP contribution is -2.30. The molecule has 0 aliphatic carbocycles. The van der Waals surface area contributed by atoms with Crippen LogP contribution in [-0.4, -0.2) is 11.9 Å². The Labute approximate surface area is 103 Å². The monoisotopic (exact) mass is 232 g/mol. The Morgan fingerprint density at radius 1 is 1.47 bits per heavy atom. The predicted octanol–water partition coefficient (Wildman–Crippen LogP) is 2.14. The average Bonchev–Trinajstić information content (AvgIpc) is 2.69. The van der Waals surface area contributed by atoms with Crippen LogP contribution in [0.15, 0.2) is 24.3 Å². The number of hydrogen-bond acceptors (Lipinski definition) is 2. The highest BCUT2D eigenvalue weighted by Gasteiger charge is 2.21. The van der Waals surface area contributed by atoms with Gasteiger partial charge in [0, 0.05) is 25.0 Å². The van der Waals surface area contributed by atoms with Gasteiger partial charge in [-0.25, -0.2) is 0 Å². The summed E-state index contributed by atoms with van der Waals surface area (Å²) in [6.07, 6.45) is 1.46. The standard InChI is InChI=1S/C14H20N2O/c1-10(2)16-14(17)8-7-13-12-6-4-3-5-11(12)9-15-13/h3-6,10,13,15H,7-9H2,1-2H3,(H,16,17). The van der Waals surface area contributed by atoms with Gasteiger partial charge >= 0.3 is 0 Å². The summed E-state index contributed by atoms with van der Waals surface area (Å²) in [5, 5.41) is 6.37. The van der Waals surface area contributed by atoms with E-state index in [9.17, 15) is 4.79 Å². The van der Waals surface area contributed by atoms with E-state index in [0.29, 0.717) is 12.5 Å². The lowest BCUT2D eigenvalue weighted by atomic mass is 10.0. The molecule has 3 heteroatoms. The Kier molecular flexibility index (Phi) is 3.79. The maximum Gasteiger partial charge on any atom is 0.220 e. The maximum absolute atomic E-state index is 11.6. The van der Waals surface area contributed by atoms with Crippen molar-refractivity contribution in [3.05, 3.63) is 35.4 Å². The smallest absolute Gasteiger partial charge is 0.220 e. The minimum Gasteiger partial charge on any atom is -0.354 e. The zero-order valence-electron chi connectivity index (χ0n) is 10.5. The third kappa shape index (κ3) is 3.07. The molecule has 92 valence electrons. The van der Waals surface area contributed by atoms with Crippen molar-refractivity contribution in [2.75, 3.05) is 0 Å². The van der Waals surface area contributed by atoms with Crippen LogP contribution in [0.5, 0.6) is 0 Å². The van der Waals surface area contributed by atoms with Crippen molar-refractivity contribution < 1.29 is 4.79 Å². The second-order valence-electron chi connectivity index (χ2n) is 4.89. The summed E-state index contributed by atoms with van der Waals surface area (Å²) in [5.74, 6) is 0.145. The van der Waals surface area contributed by atoms with Crippen molar-refractivity contribution >= 4 is 5.91 Å². The molecule has 0 radical (unpaired) electrons. The summed E-state index contributed by atoms with van der Waals surface area (Å²) in [4.78, 5) is 11.6. The summed E-state index contributed by atoms with van der Waals surface area (Å²) in [5.41, 5.74) is 2.71. The molecule has 0 spiro atoms. The molecule has 0 fully saturated rings. The Hall–Kier alpha value is -1.35. The fourth-order valence-corrected chi connectivity index (χ4v) is 2.31. The molecule has 0 saturated carbocycles. The number of amides is 1. The van der Waals surface area contributed by atoms with Crippen molar-refractivity contribution in [3.8, 4) is 0 Å². The van der Waals surface area contributed by atoms with E-state index in [1.807, 2.05) is 13.8 Å². The fraction of sp³-hybridized carbons (Fsp3) is 0.500. The van der Waals surface area contributed by atoms with Crippen molar-refractivity contribution in [1.29, 1.82) is 0 Å². The molecule has 1 atom stereocenters. The van der Waals surface area contributed by atoms with Crippen LogP contribution in [0, 0.1) is 0 Å². The van der Waals surface area contributed by atoms with Crippen molar-refractivity contribution in [3.63, 3.8) is 0 Å². The molecule has 2 rings (SSSR count). The zero-order valence-corrected chi connectivity index (χ0v) is 10.5. The van der Waals surface area contributed by atoms with E-state index in [1.165, 1.54) is 11.1 Å². The summed E-state index contributed by atoms with van der Waals surface area (Å²) in [6.45, 7) is 4.90. The van der Waals surface area contributed by atoms with Gasteiger partial charge in [-0.2, -0.15) is 0 Å². The number of benzene rings is 1. The SMILES string of the molecule is CC(C)NC(=O)CCC1NCc2ccccc21. The maximum atomic E-state index is 11.6. The first kappa shape index (κ1) is 12.1.